The van der Waals surface area contributed by atoms with E-state index in [9.17, 15) is 18.3 Å². The van der Waals surface area contributed by atoms with Gasteiger partial charge in [0.1, 0.15) is 6.07 Å². The van der Waals surface area contributed by atoms with Gasteiger partial charge in [-0.15, -0.1) is 10.2 Å². The van der Waals surface area contributed by atoms with Crippen molar-refractivity contribution in [1.82, 2.24) is 20.0 Å². The van der Waals surface area contributed by atoms with Crippen molar-refractivity contribution in [2.75, 3.05) is 6.61 Å². The number of rotatable bonds is 4. The van der Waals surface area contributed by atoms with Crippen LogP contribution in [0.1, 0.15) is 17.0 Å². The van der Waals surface area contributed by atoms with Gasteiger partial charge in [-0.3, -0.25) is 4.68 Å². The Morgan fingerprint density at radius 2 is 2.09 bits per heavy atom. The Kier molecular flexibility index (Phi) is 4.63. The molecule has 2 N–H and O–H groups in total. The van der Waals surface area contributed by atoms with E-state index in [-0.39, 0.29) is 23.5 Å². The number of hydrogen-bond donors (Lipinski definition) is 2. The van der Waals surface area contributed by atoms with Crippen molar-refractivity contribution in [3.63, 3.8) is 0 Å². The monoisotopic (exact) mass is 327 g/mol. The van der Waals surface area contributed by atoms with Gasteiger partial charge in [-0.1, -0.05) is 0 Å². The van der Waals surface area contributed by atoms with Crippen LogP contribution in [0.25, 0.3) is 11.3 Å². The van der Waals surface area contributed by atoms with Crippen LogP contribution in [-0.2, 0) is 12.7 Å². The zero-order valence-corrected chi connectivity index (χ0v) is 11.9. The lowest BCUT2D eigenvalue weighted by Crippen LogP contribution is -2.20. The van der Waals surface area contributed by atoms with Gasteiger partial charge in [0, 0.05) is 6.20 Å². The zero-order chi connectivity index (χ0) is 17.2. The molecule has 0 aliphatic carbocycles. The summed E-state index contributed by atoms with van der Waals surface area (Å²) in [5, 5.41) is 37.5. The molecule has 0 radical (unpaired) electrons. The van der Waals surface area contributed by atoms with Crippen molar-refractivity contribution < 1.29 is 23.4 Å². The Bertz CT molecular complexity index is 751. The summed E-state index contributed by atoms with van der Waals surface area (Å²) in [6.07, 6.45) is -4.89. The molecule has 7 nitrogen and oxygen atoms in total. The van der Waals surface area contributed by atoms with Crippen LogP contribution in [0.4, 0.5) is 13.2 Å². The largest absolute Gasteiger partial charge is 0.435 e. The van der Waals surface area contributed by atoms with Crippen LogP contribution in [0.15, 0.2) is 12.3 Å². The first-order valence-electron chi connectivity index (χ1n) is 6.44. The maximum atomic E-state index is 13.2. The molecule has 0 bridgehead atoms. The lowest BCUT2D eigenvalue weighted by atomic mass is 10.1. The highest BCUT2D eigenvalue weighted by Gasteiger charge is 2.38. The van der Waals surface area contributed by atoms with Gasteiger partial charge in [0.05, 0.1) is 30.5 Å². The van der Waals surface area contributed by atoms with Crippen LogP contribution >= 0.6 is 0 Å². The number of nitriles is 1. The molecule has 0 spiro atoms. The molecular formula is C13H12F3N5O2. The van der Waals surface area contributed by atoms with Crippen molar-refractivity contribution in [2.24, 2.45) is 0 Å². The van der Waals surface area contributed by atoms with E-state index in [4.69, 9.17) is 10.4 Å². The van der Waals surface area contributed by atoms with E-state index in [1.165, 1.54) is 13.0 Å². The molecule has 0 saturated carbocycles. The number of halogens is 3. The molecular weight excluding hydrogens is 315 g/mol. The molecule has 2 aromatic rings. The van der Waals surface area contributed by atoms with Gasteiger partial charge >= 0.3 is 6.18 Å². The predicted molar refractivity (Wildman–Crippen MR) is 70.8 cm³/mol. The molecule has 2 aromatic heterocycles. The molecule has 0 saturated heterocycles. The Morgan fingerprint density at radius 3 is 2.61 bits per heavy atom. The smallest absolute Gasteiger partial charge is 0.394 e. The fourth-order valence-corrected chi connectivity index (χ4v) is 1.98. The zero-order valence-electron chi connectivity index (χ0n) is 11.9. The number of aliphatic hydroxyl groups is 2. The summed E-state index contributed by atoms with van der Waals surface area (Å²) < 4.78 is 40.4. The molecule has 122 valence electrons. The Morgan fingerprint density at radius 1 is 1.39 bits per heavy atom. The minimum absolute atomic E-state index is 0.0112. The molecule has 1 atom stereocenters. The SMILES string of the molecule is Cc1cc(C#N)nnc1-c1cn(CC(O)CO)nc1C(F)(F)F. The second-order valence-electron chi connectivity index (χ2n) is 4.82. The normalized spacial score (nSPS) is 12.9. The van der Waals surface area contributed by atoms with Gasteiger partial charge in [0.15, 0.2) is 11.4 Å². The highest BCUT2D eigenvalue weighted by molar-refractivity contribution is 5.65. The third-order valence-corrected chi connectivity index (χ3v) is 2.99. The fourth-order valence-electron chi connectivity index (χ4n) is 1.98. The summed E-state index contributed by atoms with van der Waals surface area (Å²) in [6, 6.07) is 3.07. The minimum Gasteiger partial charge on any atom is -0.394 e. The Balaban J connectivity index is 2.54. The van der Waals surface area contributed by atoms with Gasteiger partial charge in [-0.05, 0) is 18.6 Å². The first-order chi connectivity index (χ1) is 10.8. The van der Waals surface area contributed by atoms with Crippen LogP contribution in [-0.4, -0.2) is 42.9 Å². The molecule has 0 fully saturated rings. The number of aromatic nitrogens is 4. The number of hydrogen-bond acceptors (Lipinski definition) is 6. The Labute approximate surface area is 128 Å². The first kappa shape index (κ1) is 16.9. The maximum absolute atomic E-state index is 13.2. The number of alkyl halides is 3. The highest BCUT2D eigenvalue weighted by atomic mass is 19.4. The van der Waals surface area contributed by atoms with E-state index >= 15 is 0 Å². The molecule has 0 aromatic carbocycles. The van der Waals surface area contributed by atoms with E-state index in [2.05, 4.69) is 15.3 Å². The summed E-state index contributed by atoms with van der Waals surface area (Å²) in [5.41, 5.74) is -1.21. The van der Waals surface area contributed by atoms with Gasteiger partial charge < -0.3 is 10.2 Å². The minimum atomic E-state index is -4.73. The second kappa shape index (κ2) is 6.31. The number of aryl methyl sites for hydroxylation is 1. The lowest BCUT2D eigenvalue weighted by molar-refractivity contribution is -0.141. The number of nitrogens with zero attached hydrogens (tertiary/aromatic N) is 5. The van der Waals surface area contributed by atoms with Gasteiger partial charge in [-0.25, -0.2) is 0 Å². The quantitative estimate of drug-likeness (QED) is 0.863. The number of aliphatic hydroxyl groups excluding tert-OH is 2. The van der Waals surface area contributed by atoms with Crippen molar-refractivity contribution in [3.8, 4) is 17.3 Å². The van der Waals surface area contributed by atoms with Gasteiger partial charge in [0.25, 0.3) is 0 Å². The summed E-state index contributed by atoms with van der Waals surface area (Å²) in [7, 11) is 0. The van der Waals surface area contributed by atoms with E-state index < -0.39 is 24.6 Å². The predicted octanol–water partition coefficient (Wildman–Crippen LogP) is 0.892. The van der Waals surface area contributed by atoms with Gasteiger partial charge in [0.2, 0.25) is 0 Å². The van der Waals surface area contributed by atoms with Crippen molar-refractivity contribution >= 4 is 0 Å². The van der Waals surface area contributed by atoms with E-state index in [1.54, 1.807) is 6.07 Å². The topological polar surface area (TPSA) is 108 Å². The van der Waals surface area contributed by atoms with Crippen LogP contribution in [0.2, 0.25) is 0 Å². The third kappa shape index (κ3) is 3.64. The van der Waals surface area contributed by atoms with Crippen molar-refractivity contribution in [3.05, 3.63) is 29.2 Å². The van der Waals surface area contributed by atoms with Gasteiger partial charge in [-0.2, -0.15) is 23.5 Å². The van der Waals surface area contributed by atoms with Crippen LogP contribution < -0.4 is 0 Å². The summed E-state index contributed by atoms with van der Waals surface area (Å²) >= 11 is 0. The maximum Gasteiger partial charge on any atom is 0.435 e. The standard InChI is InChI=1S/C13H12F3N5O2/c1-7-2-8(3-17)18-19-11(7)10-5-21(4-9(23)6-22)20-12(10)13(14,15)16/h2,5,9,22-23H,4,6H2,1H3. The average Bonchev–Trinajstić information content (AvgIpc) is 2.90. The molecule has 0 amide bonds. The molecule has 23 heavy (non-hydrogen) atoms. The second-order valence-corrected chi connectivity index (χ2v) is 4.82. The molecule has 1 unspecified atom stereocenters. The highest BCUT2D eigenvalue weighted by Crippen LogP contribution is 2.36. The molecule has 10 heteroatoms. The Hall–Kier alpha value is -2.51. The lowest BCUT2D eigenvalue weighted by Gasteiger charge is -2.07. The molecule has 2 heterocycles. The molecule has 0 aliphatic heterocycles. The molecule has 2 rings (SSSR count). The summed E-state index contributed by atoms with van der Waals surface area (Å²) in [4.78, 5) is 0. The third-order valence-electron chi connectivity index (χ3n) is 2.99. The van der Waals surface area contributed by atoms with Crippen LogP contribution in [0, 0.1) is 18.3 Å². The van der Waals surface area contributed by atoms with E-state index in [1.807, 2.05) is 0 Å². The van der Waals surface area contributed by atoms with Crippen LogP contribution in [0.3, 0.4) is 0 Å². The van der Waals surface area contributed by atoms with E-state index in [0.717, 1.165) is 10.9 Å². The van der Waals surface area contributed by atoms with Crippen molar-refractivity contribution in [1.29, 1.82) is 5.26 Å². The summed E-state index contributed by atoms with van der Waals surface area (Å²) in [6.45, 7) is 0.597. The fraction of sp³-hybridized carbons (Fsp3) is 0.385. The van der Waals surface area contributed by atoms with Crippen molar-refractivity contribution in [2.45, 2.75) is 25.7 Å². The van der Waals surface area contributed by atoms with Crippen LogP contribution in [0.5, 0.6) is 0 Å². The first-order valence-corrected chi connectivity index (χ1v) is 6.44. The summed E-state index contributed by atoms with van der Waals surface area (Å²) in [5.74, 6) is 0. The molecule has 0 aliphatic rings. The van der Waals surface area contributed by atoms with E-state index in [0.29, 0.717) is 5.56 Å². The average molecular weight is 327 g/mol.